The first-order valence-corrected chi connectivity index (χ1v) is 9.48. The summed E-state index contributed by atoms with van der Waals surface area (Å²) < 4.78 is 38.8. The number of benzene rings is 2. The average Bonchev–Trinajstić information content (AvgIpc) is 2.77. The average molecular weight is 484 g/mol. The SMILES string of the molecule is CC(C(=O)c1ccc(Cl)cc1)/C(=N/NC(=O)C(=O)NN)C(=O)Nc1cccc(C(F)(F)F)c1. The van der Waals surface area contributed by atoms with Crippen molar-refractivity contribution in [3.63, 3.8) is 0 Å². The monoisotopic (exact) mass is 483 g/mol. The number of alkyl halides is 3. The van der Waals surface area contributed by atoms with Crippen LogP contribution in [0.25, 0.3) is 0 Å². The molecule has 0 saturated heterocycles. The van der Waals surface area contributed by atoms with Crippen LogP contribution in [-0.4, -0.2) is 29.2 Å². The van der Waals surface area contributed by atoms with E-state index < -0.39 is 46.9 Å². The van der Waals surface area contributed by atoms with Gasteiger partial charge in [0, 0.05) is 16.3 Å². The third-order valence-corrected chi connectivity index (χ3v) is 4.48. The van der Waals surface area contributed by atoms with E-state index in [9.17, 15) is 32.3 Å². The molecule has 2 aromatic carbocycles. The van der Waals surface area contributed by atoms with E-state index in [0.29, 0.717) is 11.1 Å². The fraction of sp³-hybridized carbons (Fsp3) is 0.150. The number of halogens is 4. The van der Waals surface area contributed by atoms with Gasteiger partial charge in [0.25, 0.3) is 5.91 Å². The maximum absolute atomic E-state index is 12.9. The van der Waals surface area contributed by atoms with E-state index in [2.05, 4.69) is 10.4 Å². The molecule has 1 atom stereocenters. The van der Waals surface area contributed by atoms with Crippen LogP contribution in [0.5, 0.6) is 0 Å². The predicted molar refractivity (Wildman–Crippen MR) is 113 cm³/mol. The molecule has 0 heterocycles. The van der Waals surface area contributed by atoms with Gasteiger partial charge in [-0.2, -0.15) is 18.3 Å². The molecule has 5 N–H and O–H groups in total. The highest BCUT2D eigenvalue weighted by Crippen LogP contribution is 2.30. The van der Waals surface area contributed by atoms with Crippen molar-refractivity contribution in [2.75, 3.05) is 5.32 Å². The quantitative estimate of drug-likeness (QED) is 0.124. The zero-order chi connectivity index (χ0) is 24.8. The van der Waals surface area contributed by atoms with E-state index in [1.54, 1.807) is 10.9 Å². The number of Topliss-reactive ketones (excluding diaryl/α,β-unsaturated/α-hetero) is 1. The number of carbonyl (C=O) groups is 4. The number of nitrogens with zero attached hydrogens (tertiary/aromatic N) is 1. The summed E-state index contributed by atoms with van der Waals surface area (Å²) in [5, 5.41) is 6.10. The summed E-state index contributed by atoms with van der Waals surface area (Å²) >= 11 is 5.80. The van der Waals surface area contributed by atoms with Crippen LogP contribution in [0.4, 0.5) is 18.9 Å². The number of hydrogen-bond donors (Lipinski definition) is 4. The van der Waals surface area contributed by atoms with Crippen LogP contribution in [0, 0.1) is 5.92 Å². The van der Waals surface area contributed by atoms with E-state index in [1.807, 2.05) is 0 Å². The number of carbonyl (C=O) groups excluding carboxylic acids is 4. The molecule has 0 aromatic heterocycles. The minimum Gasteiger partial charge on any atom is -0.321 e. The van der Waals surface area contributed by atoms with Gasteiger partial charge in [0.2, 0.25) is 0 Å². The Morgan fingerprint density at radius 2 is 1.64 bits per heavy atom. The van der Waals surface area contributed by atoms with Gasteiger partial charge in [0.1, 0.15) is 5.71 Å². The Balaban J connectivity index is 2.36. The minimum absolute atomic E-state index is 0.150. The first kappa shape index (κ1) is 25.5. The van der Waals surface area contributed by atoms with Crippen molar-refractivity contribution < 1.29 is 32.3 Å². The molecule has 1 unspecified atom stereocenters. The van der Waals surface area contributed by atoms with E-state index in [4.69, 9.17) is 17.4 Å². The summed E-state index contributed by atoms with van der Waals surface area (Å²) in [5.74, 6) is -0.756. The van der Waals surface area contributed by atoms with Crippen LogP contribution in [0.3, 0.4) is 0 Å². The van der Waals surface area contributed by atoms with Gasteiger partial charge in [0.15, 0.2) is 5.78 Å². The molecule has 0 saturated carbocycles. The number of nitrogens with one attached hydrogen (secondary N) is 3. The van der Waals surface area contributed by atoms with Crippen molar-refractivity contribution in [2.45, 2.75) is 13.1 Å². The molecule has 0 fully saturated rings. The van der Waals surface area contributed by atoms with Gasteiger partial charge in [0.05, 0.1) is 11.5 Å². The first-order chi connectivity index (χ1) is 15.4. The van der Waals surface area contributed by atoms with Crippen molar-refractivity contribution in [1.82, 2.24) is 10.9 Å². The number of nitrogens with two attached hydrogens (primary N) is 1. The molecule has 0 aliphatic rings. The van der Waals surface area contributed by atoms with Crippen molar-refractivity contribution in [1.29, 1.82) is 0 Å². The summed E-state index contributed by atoms with van der Waals surface area (Å²) in [6.07, 6.45) is -4.65. The van der Waals surface area contributed by atoms with Crippen LogP contribution in [-0.2, 0) is 20.6 Å². The highest BCUT2D eigenvalue weighted by atomic mass is 35.5. The number of hydrazine groups is 1. The lowest BCUT2D eigenvalue weighted by atomic mass is 9.94. The van der Waals surface area contributed by atoms with Gasteiger partial charge < -0.3 is 5.32 Å². The highest BCUT2D eigenvalue weighted by molar-refractivity contribution is 6.47. The summed E-state index contributed by atoms with van der Waals surface area (Å²) in [5.41, 5.74) is 1.65. The van der Waals surface area contributed by atoms with Gasteiger partial charge in [-0.1, -0.05) is 17.7 Å². The zero-order valence-corrected chi connectivity index (χ0v) is 17.6. The van der Waals surface area contributed by atoms with Gasteiger partial charge in [-0.05, 0) is 49.4 Å². The molecule has 3 amide bonds. The van der Waals surface area contributed by atoms with Gasteiger partial charge in [-0.3, -0.25) is 24.6 Å². The van der Waals surface area contributed by atoms with Gasteiger partial charge >= 0.3 is 18.0 Å². The van der Waals surface area contributed by atoms with E-state index in [-0.39, 0.29) is 11.3 Å². The number of hydrazone groups is 1. The van der Waals surface area contributed by atoms with Crippen LogP contribution in [0.15, 0.2) is 53.6 Å². The standard InChI is InChI=1S/C20H17ClF3N5O4/c1-10(16(30)11-5-7-13(21)8-6-11)15(28-29-19(33)18(32)27-25)17(31)26-14-4-2-3-12(9-14)20(22,23)24/h2-10H,25H2,1H3,(H,26,31)(H,27,32)(H,29,33)/b28-15-. The smallest absolute Gasteiger partial charge is 0.321 e. The Bertz CT molecular complexity index is 1100. The normalized spacial score (nSPS) is 12.5. The lowest BCUT2D eigenvalue weighted by Crippen LogP contribution is -2.43. The van der Waals surface area contributed by atoms with Crippen LogP contribution in [0.1, 0.15) is 22.8 Å². The summed E-state index contributed by atoms with van der Waals surface area (Å²) in [6.45, 7) is 1.29. The third kappa shape index (κ3) is 6.85. The highest BCUT2D eigenvalue weighted by Gasteiger charge is 2.31. The maximum atomic E-state index is 12.9. The molecular weight excluding hydrogens is 467 g/mol. The second-order valence-electron chi connectivity index (χ2n) is 6.54. The zero-order valence-electron chi connectivity index (χ0n) is 16.9. The Kier molecular flexibility index (Phi) is 8.26. The molecule has 0 spiro atoms. The van der Waals surface area contributed by atoms with Crippen LogP contribution in [0.2, 0.25) is 5.02 Å². The second kappa shape index (κ2) is 10.7. The molecule has 9 nitrogen and oxygen atoms in total. The number of anilines is 1. The van der Waals surface area contributed by atoms with Crippen molar-refractivity contribution in [3.8, 4) is 0 Å². The number of amides is 3. The van der Waals surface area contributed by atoms with E-state index in [1.165, 1.54) is 37.3 Å². The molecular formula is C20H17ClF3N5O4. The Morgan fingerprint density at radius 1 is 1.00 bits per heavy atom. The predicted octanol–water partition coefficient (Wildman–Crippen LogP) is 2.28. The molecule has 174 valence electrons. The number of ketones is 1. The minimum atomic E-state index is -4.65. The second-order valence-corrected chi connectivity index (χ2v) is 6.97. The van der Waals surface area contributed by atoms with E-state index in [0.717, 1.165) is 12.1 Å². The van der Waals surface area contributed by atoms with Crippen molar-refractivity contribution >= 4 is 46.5 Å². The molecule has 0 aliphatic carbocycles. The van der Waals surface area contributed by atoms with E-state index >= 15 is 0 Å². The molecule has 0 bridgehead atoms. The van der Waals surface area contributed by atoms with Crippen LogP contribution < -0.4 is 22.0 Å². The number of hydrogen-bond acceptors (Lipinski definition) is 6. The Labute approximate surface area is 190 Å². The first-order valence-electron chi connectivity index (χ1n) is 9.11. The largest absolute Gasteiger partial charge is 0.416 e. The molecule has 2 rings (SSSR count). The lowest BCUT2D eigenvalue weighted by molar-refractivity contribution is -0.139. The number of rotatable bonds is 6. The van der Waals surface area contributed by atoms with Gasteiger partial charge in [-0.25, -0.2) is 11.3 Å². The maximum Gasteiger partial charge on any atom is 0.416 e. The van der Waals surface area contributed by atoms with Crippen molar-refractivity contribution in [3.05, 3.63) is 64.7 Å². The summed E-state index contributed by atoms with van der Waals surface area (Å²) in [7, 11) is 0. The van der Waals surface area contributed by atoms with Gasteiger partial charge in [-0.15, -0.1) is 0 Å². The Morgan fingerprint density at radius 3 is 2.21 bits per heavy atom. The molecule has 33 heavy (non-hydrogen) atoms. The molecule has 0 aliphatic heterocycles. The fourth-order valence-electron chi connectivity index (χ4n) is 2.53. The third-order valence-electron chi connectivity index (χ3n) is 4.23. The van der Waals surface area contributed by atoms with Crippen LogP contribution >= 0.6 is 11.6 Å². The summed E-state index contributed by atoms with van der Waals surface area (Å²) in [6, 6.07) is 9.42. The molecule has 13 heteroatoms. The summed E-state index contributed by atoms with van der Waals surface area (Å²) in [4.78, 5) is 48.5. The lowest BCUT2D eigenvalue weighted by Gasteiger charge is -2.15. The van der Waals surface area contributed by atoms with Crippen molar-refractivity contribution in [2.24, 2.45) is 16.9 Å². The topological polar surface area (TPSA) is 143 Å². The molecule has 0 radical (unpaired) electrons. The Hall–Kier alpha value is -3.77. The molecule has 2 aromatic rings. The fourth-order valence-corrected chi connectivity index (χ4v) is 2.65.